The third kappa shape index (κ3) is 6.62. The number of nitrogens with one attached hydrogen (secondary N) is 2. The number of nitrogens with zero attached hydrogens (tertiary/aromatic N) is 6. The topological polar surface area (TPSA) is 112 Å². The summed E-state index contributed by atoms with van der Waals surface area (Å²) >= 11 is 0. The van der Waals surface area contributed by atoms with Crippen molar-refractivity contribution in [2.45, 2.75) is 38.5 Å². The van der Waals surface area contributed by atoms with Gasteiger partial charge >= 0.3 is 12.5 Å². The quantitative estimate of drug-likeness (QED) is 0.339. The van der Waals surface area contributed by atoms with Crippen LogP contribution in [0.2, 0.25) is 0 Å². The van der Waals surface area contributed by atoms with Crippen molar-refractivity contribution in [3.05, 3.63) is 83.1 Å². The van der Waals surface area contributed by atoms with Gasteiger partial charge in [0.05, 0.1) is 23.8 Å². The fourth-order valence-corrected chi connectivity index (χ4v) is 4.98. The minimum absolute atomic E-state index is 0.0117. The lowest BCUT2D eigenvalue weighted by atomic mass is 9.86. The number of alkyl halides is 6. The highest BCUT2D eigenvalue weighted by molar-refractivity contribution is 6.03. The van der Waals surface area contributed by atoms with Gasteiger partial charge in [-0.25, -0.2) is 4.99 Å². The molecule has 43 heavy (non-hydrogen) atoms. The SMILES string of the molecule is CCC1C=C(C(F)(F)F)C=C2C1N(C)C(=Nc1ccc(OC(F)(F)F)cc1)N2Cc1ccc(C(=O)Nc2nn[nH]n2)cc1. The van der Waals surface area contributed by atoms with Crippen LogP contribution in [0.3, 0.4) is 0 Å². The molecule has 0 radical (unpaired) electrons. The molecule has 1 amide bonds. The van der Waals surface area contributed by atoms with E-state index in [0.29, 0.717) is 23.6 Å². The molecule has 10 nitrogen and oxygen atoms in total. The largest absolute Gasteiger partial charge is 0.573 e. The summed E-state index contributed by atoms with van der Waals surface area (Å²) < 4.78 is 83.4. The lowest BCUT2D eigenvalue weighted by molar-refractivity contribution is -0.274. The molecule has 1 aromatic heterocycles. The van der Waals surface area contributed by atoms with Crippen LogP contribution in [0.1, 0.15) is 29.3 Å². The molecule has 1 aliphatic carbocycles. The summed E-state index contributed by atoms with van der Waals surface area (Å²) in [6, 6.07) is 10.8. The van der Waals surface area contributed by atoms with Gasteiger partial charge in [-0.1, -0.05) is 30.2 Å². The maximum Gasteiger partial charge on any atom is 0.573 e. The molecule has 2 aromatic carbocycles. The van der Waals surface area contributed by atoms with Crippen molar-refractivity contribution in [2.24, 2.45) is 10.9 Å². The first-order valence-electron chi connectivity index (χ1n) is 12.9. The highest BCUT2D eigenvalue weighted by Crippen LogP contribution is 2.42. The number of halogens is 6. The number of anilines is 1. The summed E-state index contributed by atoms with van der Waals surface area (Å²) in [5.74, 6) is -1.12. The zero-order valence-electron chi connectivity index (χ0n) is 22.6. The molecule has 0 saturated carbocycles. The summed E-state index contributed by atoms with van der Waals surface area (Å²) in [5, 5.41) is 15.4. The van der Waals surface area contributed by atoms with Crippen molar-refractivity contribution < 1.29 is 35.9 Å². The number of aliphatic imine (C=N–C) groups is 1. The number of tetrazole rings is 1. The fraction of sp³-hybridized carbons (Fsp3) is 0.296. The average molecular weight is 607 g/mol. The maximum atomic E-state index is 13.9. The van der Waals surface area contributed by atoms with Crippen molar-refractivity contribution in [1.82, 2.24) is 30.4 Å². The van der Waals surface area contributed by atoms with Gasteiger partial charge in [0.1, 0.15) is 5.75 Å². The monoisotopic (exact) mass is 606 g/mol. The molecule has 2 atom stereocenters. The van der Waals surface area contributed by atoms with E-state index in [1.807, 2.05) is 0 Å². The van der Waals surface area contributed by atoms with Crippen LogP contribution in [0, 0.1) is 5.92 Å². The zero-order chi connectivity index (χ0) is 30.9. The number of aromatic nitrogens is 4. The molecule has 2 aliphatic rings. The Labute approximate surface area is 240 Å². The van der Waals surface area contributed by atoms with Crippen LogP contribution in [0.5, 0.6) is 5.75 Å². The number of allylic oxidation sites excluding steroid dienone is 2. The highest BCUT2D eigenvalue weighted by Gasteiger charge is 2.46. The Morgan fingerprint density at radius 1 is 1.07 bits per heavy atom. The number of likely N-dealkylation sites (N-methyl/N-ethyl adjacent to an activating group) is 1. The van der Waals surface area contributed by atoms with Crippen molar-refractivity contribution in [2.75, 3.05) is 12.4 Å². The Balaban J connectivity index is 1.48. The number of fused-ring (bicyclic) bond motifs is 1. The molecule has 2 N–H and O–H groups in total. The van der Waals surface area contributed by atoms with Crippen LogP contribution < -0.4 is 10.1 Å². The number of hydrogen-bond donors (Lipinski definition) is 2. The second kappa shape index (κ2) is 11.4. The second-order valence-electron chi connectivity index (χ2n) is 9.74. The van der Waals surface area contributed by atoms with Crippen molar-refractivity contribution in [3.63, 3.8) is 0 Å². The van der Waals surface area contributed by atoms with Gasteiger partial charge in [-0.15, -0.1) is 18.3 Å². The molecule has 5 rings (SSSR count). The molecule has 2 heterocycles. The summed E-state index contributed by atoms with van der Waals surface area (Å²) in [4.78, 5) is 20.5. The van der Waals surface area contributed by atoms with E-state index in [1.165, 1.54) is 18.2 Å². The normalized spacial score (nSPS) is 19.7. The van der Waals surface area contributed by atoms with Gasteiger partial charge in [0.2, 0.25) is 5.96 Å². The van der Waals surface area contributed by atoms with Crippen molar-refractivity contribution in [3.8, 4) is 5.75 Å². The van der Waals surface area contributed by atoms with E-state index in [2.05, 4.69) is 35.7 Å². The number of carbonyl (C=O) groups excluding carboxylic acids is 1. The Morgan fingerprint density at radius 3 is 2.35 bits per heavy atom. The van der Waals surface area contributed by atoms with Crippen molar-refractivity contribution >= 4 is 23.5 Å². The Bertz CT molecular complexity index is 1550. The standard InChI is InChI=1S/C27H24F6N8O2/c1-3-16-12-18(26(28,29)30)13-21-22(16)40(2)25(34-19-8-10-20(11-9-19)43-27(31,32)33)41(21)14-15-4-6-17(7-5-15)23(42)35-24-36-38-39-37-24/h4-13,16,22H,3,14H2,1-2H3,(H2,35,36,37,38,39,42). The number of aromatic amines is 1. The predicted octanol–water partition coefficient (Wildman–Crippen LogP) is 5.57. The van der Waals surface area contributed by atoms with Gasteiger partial charge in [-0.05, 0) is 59.7 Å². The van der Waals surface area contributed by atoms with Gasteiger partial charge < -0.3 is 14.5 Å². The van der Waals surface area contributed by atoms with E-state index < -0.39 is 41.7 Å². The molecule has 1 aliphatic heterocycles. The molecule has 1 fully saturated rings. The highest BCUT2D eigenvalue weighted by atomic mass is 19.4. The molecular formula is C27H24F6N8O2. The van der Waals surface area contributed by atoms with Crippen LogP contribution >= 0.6 is 0 Å². The van der Waals surface area contributed by atoms with E-state index in [-0.39, 0.29) is 23.7 Å². The average Bonchev–Trinajstić information content (AvgIpc) is 3.55. The van der Waals surface area contributed by atoms with Crippen molar-refractivity contribution in [1.29, 1.82) is 0 Å². The van der Waals surface area contributed by atoms with Crippen LogP contribution in [-0.2, 0) is 6.54 Å². The van der Waals surface area contributed by atoms with Gasteiger partial charge in [0.25, 0.3) is 11.9 Å². The Morgan fingerprint density at radius 2 is 1.77 bits per heavy atom. The summed E-state index contributed by atoms with van der Waals surface area (Å²) in [6.07, 6.45) is -6.70. The molecule has 0 spiro atoms. The first-order chi connectivity index (χ1) is 20.3. The minimum atomic E-state index is -4.86. The van der Waals surface area contributed by atoms with E-state index in [9.17, 15) is 31.1 Å². The number of hydrogen-bond acceptors (Lipinski definition) is 6. The number of guanidine groups is 1. The molecule has 0 bridgehead atoms. The lowest BCUT2D eigenvalue weighted by Crippen LogP contribution is -2.37. The van der Waals surface area contributed by atoms with Gasteiger partial charge in [-0.3, -0.25) is 10.1 Å². The number of rotatable bonds is 7. The third-order valence-electron chi connectivity index (χ3n) is 6.92. The lowest BCUT2D eigenvalue weighted by Gasteiger charge is -2.31. The number of carbonyl (C=O) groups is 1. The summed E-state index contributed by atoms with van der Waals surface area (Å²) in [5.41, 5.74) is 0.812. The molecule has 16 heteroatoms. The molecule has 3 aromatic rings. The fourth-order valence-electron chi connectivity index (χ4n) is 4.98. The van der Waals surface area contributed by atoms with E-state index >= 15 is 0 Å². The molecule has 226 valence electrons. The van der Waals surface area contributed by atoms with Crippen LogP contribution in [0.15, 0.2) is 76.9 Å². The Hall–Kier alpha value is -4.89. The first-order valence-corrected chi connectivity index (χ1v) is 12.9. The van der Waals surface area contributed by atoms with E-state index in [4.69, 9.17) is 0 Å². The predicted molar refractivity (Wildman–Crippen MR) is 142 cm³/mol. The van der Waals surface area contributed by atoms with E-state index in [1.54, 1.807) is 48.0 Å². The molecule has 1 saturated heterocycles. The second-order valence-corrected chi connectivity index (χ2v) is 9.74. The number of benzene rings is 2. The zero-order valence-corrected chi connectivity index (χ0v) is 22.6. The molecular weight excluding hydrogens is 582 g/mol. The first kappa shape index (κ1) is 29.6. The summed E-state index contributed by atoms with van der Waals surface area (Å²) in [6.45, 7) is 1.89. The molecule has 2 unspecified atom stereocenters. The van der Waals surface area contributed by atoms with Crippen LogP contribution in [0.4, 0.5) is 38.0 Å². The third-order valence-corrected chi connectivity index (χ3v) is 6.92. The van der Waals surface area contributed by atoms with Gasteiger partial charge in [-0.2, -0.15) is 18.4 Å². The van der Waals surface area contributed by atoms with Crippen LogP contribution in [0.25, 0.3) is 0 Å². The number of amides is 1. The smallest absolute Gasteiger partial charge is 0.406 e. The van der Waals surface area contributed by atoms with Gasteiger partial charge in [0.15, 0.2) is 0 Å². The Kier molecular flexibility index (Phi) is 7.86. The van der Waals surface area contributed by atoms with Crippen LogP contribution in [-0.4, -0.2) is 67.9 Å². The van der Waals surface area contributed by atoms with E-state index in [0.717, 1.165) is 18.2 Å². The number of H-pyrrole nitrogens is 1. The minimum Gasteiger partial charge on any atom is -0.406 e. The maximum absolute atomic E-state index is 13.9. The summed E-state index contributed by atoms with van der Waals surface area (Å²) in [7, 11) is 1.71. The van der Waals surface area contributed by atoms with Gasteiger partial charge in [0, 0.05) is 24.2 Å². The number of ether oxygens (including phenoxy) is 1.